The van der Waals surface area contributed by atoms with Gasteiger partial charge in [-0.15, -0.1) is 0 Å². The van der Waals surface area contributed by atoms with E-state index in [4.69, 9.17) is 38.8 Å². The zero-order valence-electron chi connectivity index (χ0n) is 21.4. The molecule has 0 radical (unpaired) electrons. The van der Waals surface area contributed by atoms with Crippen LogP contribution in [0.25, 0.3) is 0 Å². The van der Waals surface area contributed by atoms with E-state index < -0.39 is 84.5 Å². The fraction of sp³-hybridized carbons (Fsp3) is 0.450. The van der Waals surface area contributed by atoms with E-state index in [1.807, 2.05) is 0 Å². The minimum atomic E-state index is -1.73. The van der Waals surface area contributed by atoms with Crippen molar-refractivity contribution in [2.45, 2.75) is 51.5 Å². The summed E-state index contributed by atoms with van der Waals surface area (Å²) in [5.41, 5.74) is 0. The molecule has 1 aromatic carbocycles. The third-order valence-corrected chi connectivity index (χ3v) is 3.60. The maximum atomic E-state index is 12.4. The largest absolute Gasteiger partial charge is 0.467 e. The molecular weight excluding hydrogens is 432 g/mol. The molecule has 0 N–H and O–H groups in total. The van der Waals surface area contributed by atoms with Gasteiger partial charge >= 0.3 is 30.0 Å². The molecule has 12 heteroatoms. The van der Waals surface area contributed by atoms with Gasteiger partial charge in [-0.3, -0.25) is 14.4 Å². The summed E-state index contributed by atoms with van der Waals surface area (Å²) in [7, 11) is 1.03. The van der Waals surface area contributed by atoms with Gasteiger partial charge < -0.3 is 28.4 Å². The van der Waals surface area contributed by atoms with Crippen molar-refractivity contribution in [1.29, 1.82) is 0 Å². The first kappa shape index (κ1) is 20.2. The Hall–Kier alpha value is -3.76. The third-order valence-electron chi connectivity index (χ3n) is 3.60. The number of hydrogen-bond acceptors (Lipinski definition) is 12. The number of ether oxygens (including phenoxy) is 6. The van der Waals surface area contributed by atoms with Crippen LogP contribution in [-0.4, -0.2) is 67.8 Å². The lowest BCUT2D eigenvalue weighted by molar-refractivity contribution is -0.282. The summed E-state index contributed by atoms with van der Waals surface area (Å²) < 4.78 is 62.4. The van der Waals surface area contributed by atoms with Crippen LogP contribution in [0.3, 0.4) is 0 Å². The normalized spacial score (nSPS) is 25.6. The van der Waals surface area contributed by atoms with E-state index >= 15 is 0 Å². The number of para-hydroxylation sites is 1. The molecule has 1 aromatic rings. The number of hydrogen-bond donors (Lipinski definition) is 0. The maximum absolute atomic E-state index is 12.4. The van der Waals surface area contributed by atoms with E-state index in [0.717, 1.165) is 33.9 Å². The Morgan fingerprint density at radius 1 is 0.906 bits per heavy atom. The van der Waals surface area contributed by atoms with E-state index in [9.17, 15) is 19.2 Å². The number of esters is 4. The fourth-order valence-corrected chi connectivity index (χ4v) is 2.63. The van der Waals surface area contributed by atoms with Gasteiger partial charge in [-0.25, -0.2) is 4.79 Å². The van der Waals surface area contributed by atoms with Gasteiger partial charge in [0.25, 0.3) is 0 Å². The summed E-state index contributed by atoms with van der Waals surface area (Å²) in [5.74, 6) is -4.06. The van der Waals surface area contributed by atoms with Crippen LogP contribution >= 0.6 is 0 Å². The molecule has 0 spiro atoms. The third kappa shape index (κ3) is 7.82. The molecule has 12 nitrogen and oxygen atoms in total. The van der Waals surface area contributed by atoms with Crippen molar-refractivity contribution in [1.82, 2.24) is 0 Å². The Labute approximate surface area is 188 Å². The van der Waals surface area contributed by atoms with Crippen molar-refractivity contribution in [2.75, 3.05) is 7.11 Å². The van der Waals surface area contributed by atoms with Crippen molar-refractivity contribution in [2.24, 2.45) is 0 Å². The van der Waals surface area contributed by atoms with Crippen molar-refractivity contribution in [3.8, 4) is 5.75 Å². The van der Waals surface area contributed by atoms with Gasteiger partial charge in [-0.1, -0.05) is 18.1 Å². The first-order valence-electron chi connectivity index (χ1n) is 10.8. The molecule has 0 amide bonds. The van der Waals surface area contributed by atoms with Gasteiger partial charge in [-0.2, -0.15) is 9.59 Å². The van der Waals surface area contributed by atoms with E-state index in [1.165, 1.54) is 0 Å². The standard InChI is InChI=1S/C19H22O10.CO2/c1-10(20)25-14-15(26-11(2)21)17(27-12(3)22)19(29-16(14)18(23)24-4)28-13-8-6-5-7-9-13;2-1-3/h5-9,14-17,19H,1-4H3;/t14-,15-,16-,17+,19-;/m1./s1/i5D,6D,7D,8D;. The summed E-state index contributed by atoms with van der Waals surface area (Å²) in [6, 6.07) is -1.19. The van der Waals surface area contributed by atoms with E-state index in [2.05, 4.69) is 4.74 Å². The predicted molar refractivity (Wildman–Crippen MR) is 99.4 cm³/mol. The second-order valence-electron chi connectivity index (χ2n) is 5.90. The SMILES string of the molecule is O=C=O.[2H]c1cc(O[C@@H]2O[C@@H](C(=O)OC)[C@H](OC(C)=O)[C@@H](OC(C)=O)[C@@H]2OC(C)=O)c([2H])c([2H])c1[2H]. The van der Waals surface area contributed by atoms with Gasteiger partial charge in [0.2, 0.25) is 12.4 Å². The minimum absolute atomic E-state index is 0.250. The van der Waals surface area contributed by atoms with Gasteiger partial charge in [0.15, 0.2) is 18.3 Å². The van der Waals surface area contributed by atoms with Crippen LogP contribution < -0.4 is 4.74 Å². The molecule has 1 aliphatic heterocycles. The zero-order valence-corrected chi connectivity index (χ0v) is 17.4. The molecule has 0 saturated carbocycles. The zero-order chi connectivity index (χ0) is 27.7. The molecule has 1 heterocycles. The van der Waals surface area contributed by atoms with Crippen LogP contribution in [0.15, 0.2) is 30.2 Å². The highest BCUT2D eigenvalue weighted by molar-refractivity contribution is 5.77. The monoisotopic (exact) mass is 458 g/mol. The Bertz CT molecular complexity index is 1040. The molecule has 174 valence electrons. The second kappa shape index (κ2) is 12.8. The highest BCUT2D eigenvalue weighted by Crippen LogP contribution is 2.31. The van der Waals surface area contributed by atoms with Crippen LogP contribution in [0.4, 0.5) is 0 Å². The molecule has 5 atom stereocenters. The summed E-state index contributed by atoms with van der Waals surface area (Å²) >= 11 is 0. The molecule has 1 saturated heterocycles. The summed E-state index contributed by atoms with van der Waals surface area (Å²) in [4.78, 5) is 63.8. The average Bonchev–Trinajstić information content (AvgIpc) is 2.78. The molecule has 0 unspecified atom stereocenters. The van der Waals surface area contributed by atoms with Crippen LogP contribution in [0, 0.1) is 0 Å². The topological polar surface area (TPSA) is 158 Å². The second-order valence-corrected chi connectivity index (χ2v) is 5.90. The molecular formula is C20H22O12. The molecule has 1 fully saturated rings. The number of methoxy groups -OCH3 is 1. The maximum Gasteiger partial charge on any atom is 0.373 e. The summed E-state index contributed by atoms with van der Waals surface area (Å²) in [6.07, 6.45) is -7.96. The lowest BCUT2D eigenvalue weighted by Crippen LogP contribution is -2.64. The number of benzene rings is 1. The smallest absolute Gasteiger partial charge is 0.373 e. The summed E-state index contributed by atoms with van der Waals surface area (Å²) in [6.45, 7) is 3.09. The van der Waals surface area contributed by atoms with Crippen molar-refractivity contribution in [3.63, 3.8) is 0 Å². The number of rotatable bonds is 6. The highest BCUT2D eigenvalue weighted by Gasteiger charge is 2.55. The quantitative estimate of drug-likeness (QED) is 0.421. The number of carbonyl (C=O) groups excluding carboxylic acids is 6. The van der Waals surface area contributed by atoms with Crippen molar-refractivity contribution < 1.29 is 62.7 Å². The Morgan fingerprint density at radius 2 is 1.44 bits per heavy atom. The molecule has 2 rings (SSSR count). The first-order chi connectivity index (χ1) is 16.8. The van der Waals surface area contributed by atoms with Gasteiger partial charge in [0.1, 0.15) is 5.75 Å². The van der Waals surface area contributed by atoms with E-state index in [1.54, 1.807) is 0 Å². The molecule has 1 aliphatic rings. The first-order valence-corrected chi connectivity index (χ1v) is 8.77. The molecule has 0 aliphatic carbocycles. The lowest BCUT2D eigenvalue weighted by Gasteiger charge is -2.43. The predicted octanol–water partition coefficient (Wildman–Crippen LogP) is 0.175. The van der Waals surface area contributed by atoms with Gasteiger partial charge in [0, 0.05) is 20.8 Å². The van der Waals surface area contributed by atoms with Crippen molar-refractivity contribution in [3.05, 3.63) is 30.2 Å². The van der Waals surface area contributed by atoms with Crippen molar-refractivity contribution >= 4 is 30.0 Å². The van der Waals surface area contributed by atoms with Gasteiger partial charge in [-0.05, 0) is 12.1 Å². The van der Waals surface area contributed by atoms with E-state index in [-0.39, 0.29) is 6.15 Å². The molecule has 0 aromatic heterocycles. The average molecular weight is 458 g/mol. The van der Waals surface area contributed by atoms with Gasteiger partial charge in [0.05, 0.1) is 12.6 Å². The van der Waals surface area contributed by atoms with Crippen LogP contribution in [-0.2, 0) is 52.5 Å². The lowest BCUT2D eigenvalue weighted by atomic mass is 9.97. The Balaban J connectivity index is 0.00000205. The Kier molecular flexibility index (Phi) is 8.08. The fourth-order valence-electron chi connectivity index (χ4n) is 2.63. The van der Waals surface area contributed by atoms with E-state index in [0.29, 0.717) is 0 Å². The minimum Gasteiger partial charge on any atom is -0.467 e. The Morgan fingerprint density at radius 3 is 1.97 bits per heavy atom. The van der Waals surface area contributed by atoms with Crippen LogP contribution in [0.2, 0.25) is 0 Å². The molecule has 32 heavy (non-hydrogen) atoms. The van der Waals surface area contributed by atoms with Crippen LogP contribution in [0.5, 0.6) is 5.75 Å². The summed E-state index contributed by atoms with van der Waals surface area (Å²) in [5, 5.41) is 0. The highest BCUT2D eigenvalue weighted by atomic mass is 16.7. The molecule has 0 bridgehead atoms. The van der Waals surface area contributed by atoms with Crippen LogP contribution in [0.1, 0.15) is 26.3 Å². The number of carbonyl (C=O) groups is 4.